The monoisotopic (exact) mass is 400 g/mol. The molecule has 0 radical (unpaired) electrons. The molecule has 110 valence electrons. The fourth-order valence-electron chi connectivity index (χ4n) is 0.741. The Morgan fingerprint density at radius 1 is 0.500 bits per heavy atom. The standard InChI is InChI=1S/C4Cl6F6N2/c5-1(6,7)17(2(8,9)10)18(3(11,12)13)4(14,15)16. The third-order valence-corrected chi connectivity index (χ3v) is 2.12. The fourth-order valence-corrected chi connectivity index (χ4v) is 2.34. The Hall–Kier alpha value is 1.24. The summed E-state index contributed by atoms with van der Waals surface area (Å²) in [6.07, 6.45) is -12.1. The van der Waals surface area contributed by atoms with E-state index in [2.05, 4.69) is 0 Å². The molecule has 0 aliphatic rings. The predicted molar refractivity (Wildman–Crippen MR) is 56.4 cm³/mol. The molecule has 0 fully saturated rings. The van der Waals surface area contributed by atoms with Crippen LogP contribution in [0.5, 0.6) is 0 Å². The molecule has 0 heterocycles. The summed E-state index contributed by atoms with van der Waals surface area (Å²) in [5, 5.41) is -3.37. The Kier molecular flexibility index (Phi) is 5.94. The first-order valence-electron chi connectivity index (χ1n) is 3.36. The molecule has 0 aliphatic carbocycles. The van der Waals surface area contributed by atoms with Crippen LogP contribution in [0.4, 0.5) is 26.3 Å². The van der Waals surface area contributed by atoms with Crippen molar-refractivity contribution in [2.45, 2.75) is 20.4 Å². The number of nitrogens with zero attached hydrogens (tertiary/aromatic N) is 2. The summed E-state index contributed by atoms with van der Waals surface area (Å²) in [6, 6.07) is 0. The van der Waals surface area contributed by atoms with Crippen LogP contribution >= 0.6 is 69.6 Å². The minimum atomic E-state index is -6.04. The molecule has 0 aromatic rings. The highest BCUT2D eigenvalue weighted by Gasteiger charge is 2.65. The van der Waals surface area contributed by atoms with Crippen molar-refractivity contribution in [2.24, 2.45) is 0 Å². The lowest BCUT2D eigenvalue weighted by atomic mass is 10.8. The number of hydrazine groups is 1. The van der Waals surface area contributed by atoms with Crippen molar-refractivity contribution in [3.8, 4) is 0 Å². The maximum Gasteiger partial charge on any atom is 0.481 e. The van der Waals surface area contributed by atoms with Crippen molar-refractivity contribution in [1.82, 2.24) is 10.0 Å². The van der Waals surface area contributed by atoms with Gasteiger partial charge >= 0.3 is 12.6 Å². The number of alkyl halides is 12. The van der Waals surface area contributed by atoms with Gasteiger partial charge in [-0.05, 0) is 5.01 Å². The van der Waals surface area contributed by atoms with E-state index >= 15 is 0 Å². The van der Waals surface area contributed by atoms with Crippen LogP contribution in [0.3, 0.4) is 0 Å². The normalized spacial score (nSPS) is 15.7. The van der Waals surface area contributed by atoms with Gasteiger partial charge in [0, 0.05) is 0 Å². The number of rotatable bonds is 1. The summed E-state index contributed by atoms with van der Waals surface area (Å²) >= 11 is 29.7. The third-order valence-electron chi connectivity index (χ3n) is 1.16. The van der Waals surface area contributed by atoms with Crippen LogP contribution in [0.2, 0.25) is 0 Å². The second kappa shape index (κ2) is 5.55. The number of hydrogen-bond donors (Lipinski definition) is 0. The summed E-state index contributed by atoms with van der Waals surface area (Å²) in [4.78, 5) is 0. The molecule has 18 heavy (non-hydrogen) atoms. The van der Waals surface area contributed by atoms with E-state index in [1.165, 1.54) is 0 Å². The van der Waals surface area contributed by atoms with Gasteiger partial charge in [0.05, 0.1) is 0 Å². The van der Waals surface area contributed by atoms with E-state index in [9.17, 15) is 26.3 Å². The van der Waals surface area contributed by atoms with Gasteiger partial charge < -0.3 is 0 Å². The number of halogens is 12. The van der Waals surface area contributed by atoms with E-state index < -0.39 is 30.5 Å². The average molecular weight is 403 g/mol. The SMILES string of the molecule is FC(F)(F)N(N(C(Cl)(Cl)Cl)C(Cl)(Cl)Cl)C(F)(F)F. The van der Waals surface area contributed by atoms with E-state index in [-0.39, 0.29) is 0 Å². The molecule has 0 rings (SSSR count). The van der Waals surface area contributed by atoms with E-state index in [0.29, 0.717) is 0 Å². The zero-order valence-corrected chi connectivity index (χ0v) is 12.0. The zero-order valence-electron chi connectivity index (χ0n) is 7.43. The molecule has 14 heteroatoms. The minimum Gasteiger partial charge on any atom is -0.154 e. The molecule has 0 saturated carbocycles. The van der Waals surface area contributed by atoms with Crippen LogP contribution in [0.1, 0.15) is 0 Å². The third kappa shape index (κ3) is 5.32. The molecule has 0 aliphatic heterocycles. The van der Waals surface area contributed by atoms with Crippen molar-refractivity contribution in [1.29, 1.82) is 0 Å². The van der Waals surface area contributed by atoms with Crippen LogP contribution < -0.4 is 0 Å². The molecule has 0 N–H and O–H groups in total. The van der Waals surface area contributed by atoms with Crippen molar-refractivity contribution in [2.75, 3.05) is 0 Å². The predicted octanol–water partition coefficient (Wildman–Crippen LogP) is 5.20. The maximum absolute atomic E-state index is 12.3. The molecule has 0 saturated heterocycles. The lowest BCUT2D eigenvalue weighted by Crippen LogP contribution is -2.65. The van der Waals surface area contributed by atoms with E-state index in [1.54, 1.807) is 0 Å². The quantitative estimate of drug-likeness (QED) is 0.257. The molecular formula is C4Cl6F6N2. The van der Waals surface area contributed by atoms with Gasteiger partial charge in [-0.1, -0.05) is 69.6 Å². The Bertz CT molecular complexity index is 232. The first-order chi connectivity index (χ1) is 7.49. The van der Waals surface area contributed by atoms with Crippen LogP contribution in [0, 0.1) is 0 Å². The van der Waals surface area contributed by atoms with Crippen molar-refractivity contribution < 1.29 is 26.3 Å². The lowest BCUT2D eigenvalue weighted by molar-refractivity contribution is -0.436. The smallest absolute Gasteiger partial charge is 0.154 e. The molecule has 0 amide bonds. The van der Waals surface area contributed by atoms with Crippen LogP contribution in [-0.2, 0) is 0 Å². The van der Waals surface area contributed by atoms with E-state index in [1.807, 2.05) is 0 Å². The summed E-state index contributed by atoms with van der Waals surface area (Å²) < 4.78 is 67.4. The molecule has 0 atom stereocenters. The van der Waals surface area contributed by atoms with Crippen LogP contribution in [0.25, 0.3) is 0 Å². The van der Waals surface area contributed by atoms with Gasteiger partial charge in [0.1, 0.15) is 0 Å². The van der Waals surface area contributed by atoms with Gasteiger partial charge in [0.25, 0.3) is 7.83 Å². The molecule has 0 aromatic heterocycles. The van der Waals surface area contributed by atoms with Gasteiger partial charge in [0.15, 0.2) is 0 Å². The lowest BCUT2D eigenvalue weighted by Gasteiger charge is -2.43. The highest BCUT2D eigenvalue weighted by Crippen LogP contribution is 2.50. The number of hydrogen-bond acceptors (Lipinski definition) is 2. The van der Waals surface area contributed by atoms with Crippen molar-refractivity contribution >= 4 is 69.6 Å². The Morgan fingerprint density at radius 3 is 0.778 bits per heavy atom. The zero-order chi connectivity index (χ0) is 15.2. The largest absolute Gasteiger partial charge is 0.481 e. The topological polar surface area (TPSA) is 6.48 Å². The van der Waals surface area contributed by atoms with Gasteiger partial charge in [-0.3, -0.25) is 0 Å². The molecular weight excluding hydrogens is 403 g/mol. The second-order valence-electron chi connectivity index (χ2n) is 2.49. The first-order valence-corrected chi connectivity index (χ1v) is 5.63. The Labute approximate surface area is 126 Å². The van der Waals surface area contributed by atoms with Gasteiger partial charge in [-0.25, -0.2) is 0 Å². The minimum absolute atomic E-state index is 1.12. The summed E-state index contributed by atoms with van der Waals surface area (Å²) in [7, 11) is 0. The summed E-state index contributed by atoms with van der Waals surface area (Å²) in [5.74, 6) is 0. The fraction of sp³-hybridized carbons (Fsp3) is 1.00. The molecule has 0 unspecified atom stereocenters. The molecule has 0 aromatic carbocycles. The summed E-state index contributed by atoms with van der Waals surface area (Å²) in [5.41, 5.74) is 0. The van der Waals surface area contributed by atoms with Gasteiger partial charge in [0.2, 0.25) is 0 Å². The van der Waals surface area contributed by atoms with E-state index in [0.717, 1.165) is 0 Å². The maximum atomic E-state index is 12.3. The van der Waals surface area contributed by atoms with Gasteiger partial charge in [-0.15, -0.1) is 5.01 Å². The van der Waals surface area contributed by atoms with Crippen LogP contribution in [-0.4, -0.2) is 30.5 Å². The van der Waals surface area contributed by atoms with Crippen molar-refractivity contribution in [3.05, 3.63) is 0 Å². The molecule has 0 spiro atoms. The highest BCUT2D eigenvalue weighted by atomic mass is 35.6. The van der Waals surface area contributed by atoms with E-state index in [4.69, 9.17) is 69.6 Å². The Morgan fingerprint density at radius 2 is 0.722 bits per heavy atom. The molecule has 0 bridgehead atoms. The second-order valence-corrected chi connectivity index (χ2v) is 6.94. The Balaban J connectivity index is 5.84. The first kappa shape index (κ1) is 19.2. The average Bonchev–Trinajstić information content (AvgIpc) is 1.89. The highest BCUT2D eigenvalue weighted by molar-refractivity contribution is 6.71. The van der Waals surface area contributed by atoms with Crippen molar-refractivity contribution in [3.63, 3.8) is 0 Å². The molecule has 2 nitrogen and oxygen atoms in total. The van der Waals surface area contributed by atoms with Crippen LogP contribution in [0.15, 0.2) is 0 Å². The summed E-state index contributed by atoms with van der Waals surface area (Å²) in [6.45, 7) is 0. The van der Waals surface area contributed by atoms with Gasteiger partial charge in [-0.2, -0.15) is 26.3 Å².